The second-order valence-electron chi connectivity index (χ2n) is 6.36. The fourth-order valence-electron chi connectivity index (χ4n) is 3.15. The molecular weight excluding hydrogens is 312 g/mol. The van der Waals surface area contributed by atoms with Gasteiger partial charge in [0.1, 0.15) is 7.05 Å². The van der Waals surface area contributed by atoms with Gasteiger partial charge < -0.3 is 14.1 Å². The standard InChI is InChI=1S/C21H21N2O2/c1-15(2)23-17-10-5-7-12-19(17)25-21(23)14-8-13-20-22(3)16-9-4-6-11-18(16)24-20/h4-15H,1-3H3/q+1. The van der Waals surface area contributed by atoms with Crippen LogP contribution in [0.15, 0.2) is 71.0 Å². The number of benzene rings is 2. The second-order valence-corrected chi connectivity index (χ2v) is 6.36. The Bertz CT molecular complexity index is 982. The molecule has 0 atom stereocenters. The van der Waals surface area contributed by atoms with Crippen molar-refractivity contribution in [2.45, 2.75) is 19.9 Å². The molecule has 0 bridgehead atoms. The summed E-state index contributed by atoms with van der Waals surface area (Å²) in [4.78, 5) is 2.19. The first-order valence-electron chi connectivity index (χ1n) is 8.47. The van der Waals surface area contributed by atoms with Crippen molar-refractivity contribution >= 4 is 22.9 Å². The van der Waals surface area contributed by atoms with Crippen LogP contribution in [0, 0.1) is 0 Å². The zero-order valence-corrected chi connectivity index (χ0v) is 14.6. The molecule has 0 aliphatic carbocycles. The summed E-state index contributed by atoms with van der Waals surface area (Å²) in [5.41, 5.74) is 3.06. The number of hydrogen-bond donors (Lipinski definition) is 0. The molecule has 2 aromatic carbocycles. The highest BCUT2D eigenvalue weighted by atomic mass is 16.5. The minimum atomic E-state index is 0.311. The molecule has 0 fully saturated rings. The Labute approximate surface area is 147 Å². The number of aromatic nitrogens is 1. The first kappa shape index (κ1) is 15.5. The number of anilines is 1. The quantitative estimate of drug-likeness (QED) is 0.665. The Morgan fingerprint density at radius 3 is 2.60 bits per heavy atom. The number of allylic oxidation sites excluding steroid dienone is 2. The summed E-state index contributed by atoms with van der Waals surface area (Å²) < 4.78 is 13.9. The normalized spacial score (nSPS) is 15.5. The van der Waals surface area contributed by atoms with Gasteiger partial charge in [-0.1, -0.05) is 24.3 Å². The summed E-state index contributed by atoms with van der Waals surface area (Å²) in [6, 6.07) is 16.4. The Morgan fingerprint density at radius 1 is 1.04 bits per heavy atom. The van der Waals surface area contributed by atoms with Gasteiger partial charge in [0.15, 0.2) is 5.75 Å². The average molecular weight is 333 g/mol. The lowest BCUT2D eigenvalue weighted by atomic mass is 10.2. The zero-order valence-electron chi connectivity index (χ0n) is 14.6. The van der Waals surface area contributed by atoms with E-state index in [1.807, 2.05) is 72.3 Å². The highest BCUT2D eigenvalue weighted by Gasteiger charge is 2.27. The monoisotopic (exact) mass is 333 g/mol. The van der Waals surface area contributed by atoms with Crippen LogP contribution in [0.1, 0.15) is 19.7 Å². The Kier molecular flexibility index (Phi) is 3.80. The van der Waals surface area contributed by atoms with E-state index in [1.54, 1.807) is 0 Å². The molecule has 4 heteroatoms. The van der Waals surface area contributed by atoms with Crippen molar-refractivity contribution in [3.8, 4) is 5.75 Å². The molecule has 0 N–H and O–H groups in total. The van der Waals surface area contributed by atoms with E-state index < -0.39 is 0 Å². The van der Waals surface area contributed by atoms with Gasteiger partial charge in [0.25, 0.3) is 5.52 Å². The van der Waals surface area contributed by atoms with Crippen LogP contribution >= 0.6 is 0 Å². The van der Waals surface area contributed by atoms with Gasteiger partial charge in [0, 0.05) is 12.1 Å². The minimum absolute atomic E-state index is 0.311. The van der Waals surface area contributed by atoms with Crippen LogP contribution in [0.25, 0.3) is 17.2 Å². The van der Waals surface area contributed by atoms with Crippen molar-refractivity contribution in [1.29, 1.82) is 0 Å². The van der Waals surface area contributed by atoms with E-state index in [4.69, 9.17) is 9.15 Å². The fourth-order valence-corrected chi connectivity index (χ4v) is 3.15. The van der Waals surface area contributed by atoms with Crippen molar-refractivity contribution in [2.75, 3.05) is 4.90 Å². The maximum absolute atomic E-state index is 6.01. The largest absolute Gasteiger partial charge is 0.439 e. The molecule has 1 aromatic heterocycles. The molecule has 0 spiro atoms. The van der Waals surface area contributed by atoms with Gasteiger partial charge in [-0.25, -0.2) is 0 Å². The Hall–Kier alpha value is -3.01. The highest BCUT2D eigenvalue weighted by molar-refractivity contribution is 5.70. The van der Waals surface area contributed by atoms with Gasteiger partial charge in [-0.2, -0.15) is 4.57 Å². The first-order chi connectivity index (χ1) is 12.1. The summed E-state index contributed by atoms with van der Waals surface area (Å²) in [5.74, 6) is 2.51. The Morgan fingerprint density at radius 2 is 1.80 bits per heavy atom. The van der Waals surface area contributed by atoms with E-state index in [0.717, 1.165) is 34.3 Å². The van der Waals surface area contributed by atoms with E-state index in [2.05, 4.69) is 24.8 Å². The van der Waals surface area contributed by atoms with Gasteiger partial charge in [-0.3, -0.25) is 0 Å². The van der Waals surface area contributed by atoms with Gasteiger partial charge in [-0.05, 0) is 44.2 Å². The lowest BCUT2D eigenvalue weighted by Crippen LogP contribution is -2.29. The zero-order chi connectivity index (χ0) is 17.4. The molecule has 0 saturated heterocycles. The molecule has 1 aliphatic rings. The van der Waals surface area contributed by atoms with Gasteiger partial charge in [0.2, 0.25) is 11.5 Å². The maximum atomic E-state index is 6.01. The van der Waals surface area contributed by atoms with Crippen molar-refractivity contribution < 1.29 is 13.7 Å². The van der Waals surface area contributed by atoms with Crippen LogP contribution < -0.4 is 14.2 Å². The van der Waals surface area contributed by atoms with Crippen molar-refractivity contribution in [2.24, 2.45) is 7.05 Å². The predicted molar refractivity (Wildman–Crippen MR) is 99.2 cm³/mol. The predicted octanol–water partition coefficient (Wildman–Crippen LogP) is 4.42. The highest BCUT2D eigenvalue weighted by Crippen LogP contribution is 2.39. The van der Waals surface area contributed by atoms with E-state index in [0.29, 0.717) is 6.04 Å². The van der Waals surface area contributed by atoms with Crippen molar-refractivity contribution in [3.63, 3.8) is 0 Å². The van der Waals surface area contributed by atoms with E-state index in [-0.39, 0.29) is 0 Å². The minimum Gasteiger partial charge on any atom is -0.439 e. The number of para-hydroxylation sites is 4. The molecule has 3 aromatic rings. The lowest BCUT2D eigenvalue weighted by molar-refractivity contribution is -0.652. The van der Waals surface area contributed by atoms with Crippen LogP contribution in [0.2, 0.25) is 0 Å². The molecule has 0 saturated carbocycles. The number of fused-ring (bicyclic) bond motifs is 2. The third-order valence-corrected chi connectivity index (χ3v) is 4.34. The number of aryl methyl sites for hydroxylation is 1. The summed E-state index contributed by atoms with van der Waals surface area (Å²) in [6.07, 6.45) is 5.90. The number of rotatable bonds is 3. The third kappa shape index (κ3) is 2.70. The van der Waals surface area contributed by atoms with Gasteiger partial charge >= 0.3 is 5.89 Å². The number of ether oxygens (including phenoxy) is 1. The van der Waals surface area contributed by atoms with Crippen LogP contribution in [0.4, 0.5) is 5.69 Å². The van der Waals surface area contributed by atoms with Crippen LogP contribution in [-0.2, 0) is 7.05 Å². The molecule has 4 rings (SSSR count). The number of hydrogen-bond acceptors (Lipinski definition) is 3. The molecule has 0 unspecified atom stereocenters. The number of nitrogens with zero attached hydrogens (tertiary/aromatic N) is 2. The fraction of sp³-hybridized carbons (Fsp3) is 0.190. The summed E-state index contributed by atoms with van der Waals surface area (Å²) >= 11 is 0. The molecule has 4 nitrogen and oxygen atoms in total. The maximum Gasteiger partial charge on any atom is 0.373 e. The van der Waals surface area contributed by atoms with Crippen molar-refractivity contribution in [1.82, 2.24) is 0 Å². The molecule has 1 aliphatic heterocycles. The molecule has 126 valence electrons. The van der Waals surface area contributed by atoms with Crippen LogP contribution in [-0.4, -0.2) is 6.04 Å². The molecule has 0 amide bonds. The Balaban J connectivity index is 1.65. The van der Waals surface area contributed by atoms with E-state index >= 15 is 0 Å². The van der Waals surface area contributed by atoms with Gasteiger partial charge in [0.05, 0.1) is 11.8 Å². The second kappa shape index (κ2) is 6.13. The summed E-state index contributed by atoms with van der Waals surface area (Å²) in [6.45, 7) is 4.31. The van der Waals surface area contributed by atoms with Crippen LogP contribution in [0.5, 0.6) is 5.75 Å². The van der Waals surface area contributed by atoms with Crippen LogP contribution in [0.3, 0.4) is 0 Å². The van der Waals surface area contributed by atoms with E-state index in [9.17, 15) is 0 Å². The number of oxazole rings is 1. The molecular formula is C21H21N2O2+. The summed E-state index contributed by atoms with van der Waals surface area (Å²) in [5, 5.41) is 0. The average Bonchev–Trinajstić information content (AvgIpc) is 3.13. The third-order valence-electron chi connectivity index (χ3n) is 4.34. The summed E-state index contributed by atoms with van der Waals surface area (Å²) in [7, 11) is 2.00. The molecule has 25 heavy (non-hydrogen) atoms. The van der Waals surface area contributed by atoms with Crippen molar-refractivity contribution in [3.05, 3.63) is 72.5 Å². The SMILES string of the molecule is CC(C)N1C(=CC=Cc2oc3ccccc3[n+]2C)Oc2ccccc21. The smallest absolute Gasteiger partial charge is 0.373 e. The lowest BCUT2D eigenvalue weighted by Gasteiger charge is -2.22. The first-order valence-corrected chi connectivity index (χ1v) is 8.47. The topological polar surface area (TPSA) is 29.5 Å². The van der Waals surface area contributed by atoms with Gasteiger partial charge in [-0.15, -0.1) is 0 Å². The molecule has 0 radical (unpaired) electrons. The molecule has 2 heterocycles. The van der Waals surface area contributed by atoms with E-state index in [1.165, 1.54) is 0 Å².